The van der Waals surface area contributed by atoms with Gasteiger partial charge in [0.15, 0.2) is 0 Å². The molecule has 0 aliphatic carbocycles. The number of hydrogen-bond donors (Lipinski definition) is 2. The number of nitrogens with one attached hydrogen (secondary N) is 2. The minimum Gasteiger partial charge on any atom is -0.314 e. The van der Waals surface area contributed by atoms with Gasteiger partial charge in [0.2, 0.25) is 11.8 Å². The van der Waals surface area contributed by atoms with Crippen LogP contribution in [0.1, 0.15) is 13.3 Å². The van der Waals surface area contributed by atoms with Gasteiger partial charge in [0.25, 0.3) is 0 Å². The lowest BCUT2D eigenvalue weighted by atomic mass is 10.1. The first-order chi connectivity index (χ1) is 6.68. The SMILES string of the molecule is C[C@H]1CNCCN1C1CC(=O)NC1=O. The average Bonchev–Trinajstić information content (AvgIpc) is 2.46. The quantitative estimate of drug-likeness (QED) is 0.513. The van der Waals surface area contributed by atoms with Crippen molar-refractivity contribution in [1.82, 2.24) is 15.5 Å². The molecule has 0 aromatic heterocycles. The lowest BCUT2D eigenvalue weighted by Crippen LogP contribution is -2.55. The highest BCUT2D eigenvalue weighted by molar-refractivity contribution is 6.05. The first kappa shape index (κ1) is 9.61. The summed E-state index contributed by atoms with van der Waals surface area (Å²) in [4.78, 5) is 24.6. The van der Waals surface area contributed by atoms with E-state index in [0.29, 0.717) is 12.5 Å². The normalized spacial score (nSPS) is 34.6. The van der Waals surface area contributed by atoms with Crippen LogP contribution in [0.5, 0.6) is 0 Å². The molecule has 2 aliphatic heterocycles. The Morgan fingerprint density at radius 3 is 2.79 bits per heavy atom. The minimum absolute atomic E-state index is 0.135. The third-order valence-corrected chi connectivity index (χ3v) is 2.90. The maximum atomic E-state index is 11.4. The molecule has 5 heteroatoms. The van der Waals surface area contributed by atoms with Crippen LogP contribution in [-0.4, -0.2) is 48.4 Å². The molecule has 2 saturated heterocycles. The molecule has 14 heavy (non-hydrogen) atoms. The second-order valence-electron chi connectivity index (χ2n) is 3.92. The van der Waals surface area contributed by atoms with Crippen LogP contribution in [0, 0.1) is 0 Å². The summed E-state index contributed by atoms with van der Waals surface area (Å²) in [6.07, 6.45) is 0.323. The minimum atomic E-state index is -0.236. The lowest BCUT2D eigenvalue weighted by Gasteiger charge is -2.36. The van der Waals surface area contributed by atoms with Crippen LogP contribution < -0.4 is 10.6 Å². The number of carbonyl (C=O) groups is 2. The number of piperazine rings is 1. The van der Waals surface area contributed by atoms with Gasteiger partial charge >= 0.3 is 0 Å². The predicted molar refractivity (Wildman–Crippen MR) is 50.6 cm³/mol. The van der Waals surface area contributed by atoms with Crippen molar-refractivity contribution < 1.29 is 9.59 Å². The summed E-state index contributed by atoms with van der Waals surface area (Å²) in [7, 11) is 0. The number of hydrogen-bond acceptors (Lipinski definition) is 4. The van der Waals surface area contributed by atoms with Gasteiger partial charge in [0, 0.05) is 25.7 Å². The van der Waals surface area contributed by atoms with E-state index >= 15 is 0 Å². The number of carbonyl (C=O) groups excluding carboxylic acids is 2. The van der Waals surface area contributed by atoms with Crippen LogP contribution in [0.15, 0.2) is 0 Å². The van der Waals surface area contributed by atoms with E-state index in [1.54, 1.807) is 0 Å². The molecule has 2 aliphatic rings. The van der Waals surface area contributed by atoms with Gasteiger partial charge < -0.3 is 5.32 Å². The monoisotopic (exact) mass is 197 g/mol. The van der Waals surface area contributed by atoms with E-state index in [1.807, 2.05) is 0 Å². The molecule has 2 N–H and O–H groups in total. The molecule has 0 radical (unpaired) electrons. The fourth-order valence-electron chi connectivity index (χ4n) is 2.13. The first-order valence-corrected chi connectivity index (χ1v) is 4.98. The van der Waals surface area contributed by atoms with Gasteiger partial charge in [-0.05, 0) is 6.92 Å². The van der Waals surface area contributed by atoms with E-state index in [4.69, 9.17) is 0 Å². The second kappa shape index (κ2) is 3.67. The summed E-state index contributed by atoms with van der Waals surface area (Å²) in [6, 6.07) is 0.0880. The van der Waals surface area contributed by atoms with E-state index in [0.717, 1.165) is 19.6 Å². The number of nitrogens with zero attached hydrogens (tertiary/aromatic N) is 1. The van der Waals surface area contributed by atoms with Crippen molar-refractivity contribution in [2.75, 3.05) is 19.6 Å². The smallest absolute Gasteiger partial charge is 0.244 e. The van der Waals surface area contributed by atoms with Crippen molar-refractivity contribution in [3.05, 3.63) is 0 Å². The van der Waals surface area contributed by atoms with Gasteiger partial charge in [0.1, 0.15) is 0 Å². The van der Waals surface area contributed by atoms with Crippen LogP contribution in [0.4, 0.5) is 0 Å². The van der Waals surface area contributed by atoms with Crippen LogP contribution in [0.3, 0.4) is 0 Å². The standard InChI is InChI=1S/C9H15N3O2/c1-6-5-10-2-3-12(6)7-4-8(13)11-9(7)14/h6-7,10H,2-5H2,1H3,(H,11,13,14)/t6-,7?/m0/s1. The largest absolute Gasteiger partial charge is 0.314 e. The van der Waals surface area contributed by atoms with E-state index < -0.39 is 0 Å². The zero-order chi connectivity index (χ0) is 10.1. The van der Waals surface area contributed by atoms with Gasteiger partial charge in [-0.2, -0.15) is 0 Å². The van der Waals surface area contributed by atoms with Gasteiger partial charge in [0.05, 0.1) is 12.5 Å². The molecule has 2 atom stereocenters. The molecule has 2 heterocycles. The zero-order valence-electron chi connectivity index (χ0n) is 8.25. The summed E-state index contributed by atoms with van der Waals surface area (Å²) in [5.41, 5.74) is 0. The molecule has 0 aromatic rings. The highest BCUT2D eigenvalue weighted by Crippen LogP contribution is 2.15. The third kappa shape index (κ3) is 1.65. The zero-order valence-corrected chi connectivity index (χ0v) is 8.25. The number of amides is 2. The summed E-state index contributed by atoms with van der Waals surface area (Å²) in [5, 5.41) is 5.60. The van der Waals surface area contributed by atoms with Crippen LogP contribution >= 0.6 is 0 Å². The molecular formula is C9H15N3O2. The molecule has 5 nitrogen and oxygen atoms in total. The third-order valence-electron chi connectivity index (χ3n) is 2.90. The van der Waals surface area contributed by atoms with Gasteiger partial charge in [-0.3, -0.25) is 19.8 Å². The summed E-state index contributed by atoms with van der Waals surface area (Å²) in [6.45, 7) is 4.69. The van der Waals surface area contributed by atoms with Crippen LogP contribution in [0.25, 0.3) is 0 Å². The van der Waals surface area contributed by atoms with E-state index in [1.165, 1.54) is 0 Å². The predicted octanol–water partition coefficient (Wildman–Crippen LogP) is -1.30. The molecule has 0 saturated carbocycles. The topological polar surface area (TPSA) is 61.4 Å². The Kier molecular flexibility index (Phi) is 2.52. The van der Waals surface area contributed by atoms with E-state index in [2.05, 4.69) is 22.5 Å². The summed E-state index contributed by atoms with van der Waals surface area (Å²) >= 11 is 0. The summed E-state index contributed by atoms with van der Waals surface area (Å²) in [5.74, 6) is -0.283. The lowest BCUT2D eigenvalue weighted by molar-refractivity contribution is -0.126. The molecular weight excluding hydrogens is 182 g/mol. The molecule has 2 fully saturated rings. The Balaban J connectivity index is 2.06. The number of rotatable bonds is 1. The van der Waals surface area contributed by atoms with Crippen LogP contribution in [0.2, 0.25) is 0 Å². The maximum absolute atomic E-state index is 11.4. The molecule has 1 unspecified atom stereocenters. The Hall–Kier alpha value is -0.940. The molecule has 0 aromatic carbocycles. The maximum Gasteiger partial charge on any atom is 0.244 e. The average molecular weight is 197 g/mol. The van der Waals surface area contributed by atoms with E-state index in [-0.39, 0.29) is 17.9 Å². The van der Waals surface area contributed by atoms with Crippen molar-refractivity contribution in [1.29, 1.82) is 0 Å². The second-order valence-corrected chi connectivity index (χ2v) is 3.92. The molecule has 0 spiro atoms. The highest BCUT2D eigenvalue weighted by Gasteiger charge is 2.37. The first-order valence-electron chi connectivity index (χ1n) is 4.98. The van der Waals surface area contributed by atoms with Crippen LogP contribution in [-0.2, 0) is 9.59 Å². The summed E-state index contributed by atoms with van der Waals surface area (Å²) < 4.78 is 0. The number of imide groups is 1. The Bertz CT molecular complexity index is 267. The fourth-order valence-corrected chi connectivity index (χ4v) is 2.13. The van der Waals surface area contributed by atoms with Crippen molar-refractivity contribution in [3.63, 3.8) is 0 Å². The molecule has 0 bridgehead atoms. The van der Waals surface area contributed by atoms with Gasteiger partial charge in [-0.1, -0.05) is 0 Å². The Morgan fingerprint density at radius 2 is 2.21 bits per heavy atom. The van der Waals surface area contributed by atoms with Crippen molar-refractivity contribution in [2.45, 2.75) is 25.4 Å². The fraction of sp³-hybridized carbons (Fsp3) is 0.778. The van der Waals surface area contributed by atoms with E-state index in [9.17, 15) is 9.59 Å². The van der Waals surface area contributed by atoms with Crippen molar-refractivity contribution >= 4 is 11.8 Å². The molecule has 2 rings (SSSR count). The highest BCUT2D eigenvalue weighted by atomic mass is 16.2. The molecule has 78 valence electrons. The van der Waals surface area contributed by atoms with Crippen molar-refractivity contribution in [3.8, 4) is 0 Å². The molecule has 2 amide bonds. The Labute approximate surface area is 82.8 Å². The van der Waals surface area contributed by atoms with Crippen molar-refractivity contribution in [2.24, 2.45) is 0 Å². The Morgan fingerprint density at radius 1 is 1.43 bits per heavy atom. The van der Waals surface area contributed by atoms with Gasteiger partial charge in [-0.15, -0.1) is 0 Å². The van der Waals surface area contributed by atoms with Gasteiger partial charge in [-0.25, -0.2) is 0 Å².